The molecule has 0 saturated carbocycles. The Hall–Kier alpha value is -1.35. The van der Waals surface area contributed by atoms with E-state index in [2.05, 4.69) is 6.07 Å². The third kappa shape index (κ3) is 2.09. The second-order valence-electron chi connectivity index (χ2n) is 4.22. The first-order valence-corrected chi connectivity index (χ1v) is 5.35. The number of amides is 1. The average Bonchev–Trinajstić information content (AvgIpc) is 2.25. The Kier molecular flexibility index (Phi) is 3.70. The summed E-state index contributed by atoms with van der Waals surface area (Å²) in [6.45, 7) is 7.60. The Morgan fingerprint density at radius 1 is 1.19 bits per heavy atom. The number of benzene rings is 1. The maximum atomic E-state index is 11.5. The molecular weight excluding hydrogens is 202 g/mol. The summed E-state index contributed by atoms with van der Waals surface area (Å²) >= 11 is 0. The molecule has 3 nitrogen and oxygen atoms in total. The summed E-state index contributed by atoms with van der Waals surface area (Å²) in [6, 6.07) is 2.12. The first-order chi connectivity index (χ1) is 7.40. The maximum Gasteiger partial charge on any atom is 0.252 e. The van der Waals surface area contributed by atoms with Gasteiger partial charge in [-0.25, -0.2) is 0 Å². The standard InChI is InChI=1S/C13H19NO2/c1-8-6-9(2)11(4)13(10(8)3)14(5)12(16)7-15/h6,15H,7H2,1-5H3. The lowest BCUT2D eigenvalue weighted by Gasteiger charge is -2.23. The highest BCUT2D eigenvalue weighted by atomic mass is 16.3. The number of aryl methyl sites for hydroxylation is 2. The van der Waals surface area contributed by atoms with Crippen LogP contribution in [0.3, 0.4) is 0 Å². The molecule has 0 aliphatic rings. The number of carbonyl (C=O) groups excluding carboxylic acids is 1. The number of nitrogens with zero attached hydrogens (tertiary/aromatic N) is 1. The number of hydrogen-bond donors (Lipinski definition) is 1. The molecule has 0 spiro atoms. The van der Waals surface area contributed by atoms with Crippen molar-refractivity contribution in [3.05, 3.63) is 28.3 Å². The second-order valence-corrected chi connectivity index (χ2v) is 4.22. The van der Waals surface area contributed by atoms with Crippen molar-refractivity contribution in [2.24, 2.45) is 0 Å². The van der Waals surface area contributed by atoms with Gasteiger partial charge in [-0.15, -0.1) is 0 Å². The van der Waals surface area contributed by atoms with E-state index >= 15 is 0 Å². The van der Waals surface area contributed by atoms with Crippen molar-refractivity contribution < 1.29 is 9.90 Å². The monoisotopic (exact) mass is 221 g/mol. The van der Waals surface area contributed by atoms with Gasteiger partial charge in [0.25, 0.3) is 5.91 Å². The molecule has 3 heteroatoms. The Morgan fingerprint density at radius 2 is 1.62 bits per heavy atom. The van der Waals surface area contributed by atoms with Crippen LogP contribution >= 0.6 is 0 Å². The Labute approximate surface area is 96.7 Å². The highest BCUT2D eigenvalue weighted by Crippen LogP contribution is 2.29. The predicted molar refractivity (Wildman–Crippen MR) is 65.9 cm³/mol. The molecule has 16 heavy (non-hydrogen) atoms. The molecule has 0 heterocycles. The Morgan fingerprint density at radius 3 is 2.00 bits per heavy atom. The van der Waals surface area contributed by atoms with Gasteiger partial charge in [-0.2, -0.15) is 0 Å². The largest absolute Gasteiger partial charge is 0.387 e. The molecule has 0 radical (unpaired) electrons. The lowest BCUT2D eigenvalue weighted by Crippen LogP contribution is -2.30. The fraction of sp³-hybridized carbons (Fsp3) is 0.462. The zero-order valence-corrected chi connectivity index (χ0v) is 10.6. The van der Waals surface area contributed by atoms with Crippen molar-refractivity contribution in [2.75, 3.05) is 18.6 Å². The van der Waals surface area contributed by atoms with E-state index in [4.69, 9.17) is 5.11 Å². The number of aliphatic hydroxyl groups is 1. The number of aliphatic hydroxyl groups excluding tert-OH is 1. The number of carbonyl (C=O) groups is 1. The van der Waals surface area contributed by atoms with Crippen molar-refractivity contribution >= 4 is 11.6 Å². The molecule has 1 N–H and O–H groups in total. The van der Waals surface area contributed by atoms with E-state index in [-0.39, 0.29) is 5.91 Å². The van der Waals surface area contributed by atoms with Crippen LogP contribution in [0.15, 0.2) is 6.07 Å². The summed E-state index contributed by atoms with van der Waals surface area (Å²) in [7, 11) is 1.70. The van der Waals surface area contributed by atoms with Gasteiger partial charge in [0.15, 0.2) is 0 Å². The van der Waals surface area contributed by atoms with Crippen molar-refractivity contribution in [1.82, 2.24) is 0 Å². The van der Waals surface area contributed by atoms with E-state index in [1.807, 2.05) is 27.7 Å². The smallest absolute Gasteiger partial charge is 0.252 e. The van der Waals surface area contributed by atoms with Gasteiger partial charge in [0.1, 0.15) is 6.61 Å². The number of likely N-dealkylation sites (N-methyl/N-ethyl adjacent to an activating group) is 1. The average molecular weight is 221 g/mol. The molecule has 88 valence electrons. The molecule has 0 fully saturated rings. The summed E-state index contributed by atoms with van der Waals surface area (Å²) in [5.74, 6) is -0.281. The zero-order valence-electron chi connectivity index (χ0n) is 10.6. The van der Waals surface area contributed by atoms with Crippen LogP contribution in [0.5, 0.6) is 0 Å². The second kappa shape index (κ2) is 4.66. The Balaban J connectivity index is 3.37. The van der Waals surface area contributed by atoms with Crippen LogP contribution in [0.2, 0.25) is 0 Å². The molecule has 0 unspecified atom stereocenters. The van der Waals surface area contributed by atoms with E-state index in [1.165, 1.54) is 4.90 Å². The molecule has 0 aliphatic carbocycles. The van der Waals surface area contributed by atoms with Crippen molar-refractivity contribution in [3.8, 4) is 0 Å². The molecule has 0 saturated heterocycles. The third-order valence-electron chi connectivity index (χ3n) is 3.17. The SMILES string of the molecule is Cc1cc(C)c(C)c(N(C)C(=O)CO)c1C. The van der Waals surface area contributed by atoms with Gasteiger partial charge in [-0.05, 0) is 49.9 Å². The van der Waals surface area contributed by atoms with Crippen LogP contribution in [-0.4, -0.2) is 24.7 Å². The summed E-state index contributed by atoms with van der Waals surface area (Å²) in [4.78, 5) is 13.0. The van der Waals surface area contributed by atoms with Crippen molar-refractivity contribution in [3.63, 3.8) is 0 Å². The van der Waals surface area contributed by atoms with Gasteiger partial charge >= 0.3 is 0 Å². The predicted octanol–water partition coefficient (Wildman–Crippen LogP) is 1.88. The van der Waals surface area contributed by atoms with E-state index in [1.54, 1.807) is 7.05 Å². The fourth-order valence-corrected chi connectivity index (χ4v) is 1.93. The minimum absolute atomic E-state index is 0.281. The van der Waals surface area contributed by atoms with E-state index in [0.29, 0.717) is 0 Å². The van der Waals surface area contributed by atoms with Crippen LogP contribution in [0.4, 0.5) is 5.69 Å². The highest BCUT2D eigenvalue weighted by molar-refractivity contribution is 5.95. The van der Waals surface area contributed by atoms with Gasteiger partial charge < -0.3 is 10.0 Å². The lowest BCUT2D eigenvalue weighted by atomic mass is 9.98. The first-order valence-electron chi connectivity index (χ1n) is 5.35. The lowest BCUT2D eigenvalue weighted by molar-refractivity contribution is -0.120. The minimum Gasteiger partial charge on any atom is -0.387 e. The molecule has 1 aromatic carbocycles. The summed E-state index contributed by atoms with van der Waals surface area (Å²) in [5, 5.41) is 8.90. The molecule has 1 rings (SSSR count). The first kappa shape index (κ1) is 12.7. The van der Waals surface area contributed by atoms with Crippen LogP contribution < -0.4 is 4.90 Å². The van der Waals surface area contributed by atoms with Crippen molar-refractivity contribution in [2.45, 2.75) is 27.7 Å². The molecule has 0 bridgehead atoms. The number of anilines is 1. The summed E-state index contributed by atoms with van der Waals surface area (Å²) in [6.07, 6.45) is 0. The minimum atomic E-state index is -0.456. The van der Waals surface area contributed by atoms with Crippen LogP contribution in [0.25, 0.3) is 0 Å². The Bertz CT molecular complexity index is 398. The molecule has 1 amide bonds. The molecule has 1 aromatic rings. The molecule has 0 atom stereocenters. The van der Waals surface area contributed by atoms with Gasteiger partial charge in [0, 0.05) is 12.7 Å². The third-order valence-corrected chi connectivity index (χ3v) is 3.17. The summed E-state index contributed by atoms with van der Waals surface area (Å²) in [5.41, 5.74) is 5.42. The van der Waals surface area contributed by atoms with Gasteiger partial charge in [-0.3, -0.25) is 4.79 Å². The van der Waals surface area contributed by atoms with Gasteiger partial charge in [0.05, 0.1) is 0 Å². The molecule has 0 aliphatic heterocycles. The van der Waals surface area contributed by atoms with E-state index in [9.17, 15) is 4.79 Å². The molecule has 0 aromatic heterocycles. The van der Waals surface area contributed by atoms with Crippen LogP contribution in [0.1, 0.15) is 22.3 Å². The van der Waals surface area contributed by atoms with E-state index < -0.39 is 6.61 Å². The van der Waals surface area contributed by atoms with E-state index in [0.717, 1.165) is 27.9 Å². The van der Waals surface area contributed by atoms with Crippen molar-refractivity contribution in [1.29, 1.82) is 0 Å². The molecular formula is C13H19NO2. The number of hydrogen-bond acceptors (Lipinski definition) is 2. The fourth-order valence-electron chi connectivity index (χ4n) is 1.93. The normalized spacial score (nSPS) is 10.4. The maximum absolute atomic E-state index is 11.5. The zero-order chi connectivity index (χ0) is 12.5. The number of rotatable bonds is 2. The van der Waals surface area contributed by atoms with Gasteiger partial charge in [-0.1, -0.05) is 6.07 Å². The topological polar surface area (TPSA) is 40.5 Å². The van der Waals surface area contributed by atoms with Crippen LogP contribution in [0, 0.1) is 27.7 Å². The highest BCUT2D eigenvalue weighted by Gasteiger charge is 2.16. The van der Waals surface area contributed by atoms with Crippen LogP contribution in [-0.2, 0) is 4.79 Å². The van der Waals surface area contributed by atoms with Gasteiger partial charge in [0.2, 0.25) is 0 Å². The summed E-state index contributed by atoms with van der Waals surface area (Å²) < 4.78 is 0. The quantitative estimate of drug-likeness (QED) is 0.828.